The maximum Gasteiger partial charge on any atom is 0.253 e. The van der Waals surface area contributed by atoms with Gasteiger partial charge < -0.3 is 10.1 Å². The smallest absolute Gasteiger partial charge is 0.253 e. The quantitative estimate of drug-likeness (QED) is 0.279. The molecule has 0 fully saturated rings. The molecule has 0 radical (unpaired) electrons. The van der Waals surface area contributed by atoms with E-state index >= 15 is 0 Å². The van der Waals surface area contributed by atoms with Crippen LogP contribution in [0.25, 0.3) is 16.9 Å². The lowest BCUT2D eigenvalue weighted by Gasteiger charge is -2.28. The van der Waals surface area contributed by atoms with E-state index < -0.39 is 11.2 Å². The predicted octanol–water partition coefficient (Wildman–Crippen LogP) is 7.05. The minimum Gasteiger partial charge on any atom is -0.493 e. The highest BCUT2D eigenvalue weighted by atomic mass is 35.5. The van der Waals surface area contributed by atoms with E-state index in [1.807, 2.05) is 45.0 Å². The number of nitrogens with zero attached hydrogens (tertiary/aromatic N) is 3. The highest BCUT2D eigenvalue weighted by Gasteiger charge is 2.31. The molecule has 0 bridgehead atoms. The summed E-state index contributed by atoms with van der Waals surface area (Å²) >= 11 is 18.9. The fourth-order valence-electron chi connectivity index (χ4n) is 4.53. The summed E-state index contributed by atoms with van der Waals surface area (Å²) in [6.07, 6.45) is 2.14. The summed E-state index contributed by atoms with van der Waals surface area (Å²) in [7, 11) is 0. The van der Waals surface area contributed by atoms with Crippen LogP contribution in [-0.2, 0) is 5.41 Å². The van der Waals surface area contributed by atoms with Gasteiger partial charge in [-0.1, -0.05) is 73.8 Å². The molecule has 0 aliphatic carbocycles. The van der Waals surface area contributed by atoms with Gasteiger partial charge in [-0.15, -0.1) is 0 Å². The van der Waals surface area contributed by atoms with Crippen molar-refractivity contribution in [2.45, 2.75) is 38.6 Å². The van der Waals surface area contributed by atoms with Crippen molar-refractivity contribution in [2.75, 3.05) is 6.61 Å². The number of para-hydroxylation sites is 1. The van der Waals surface area contributed by atoms with Gasteiger partial charge in [-0.05, 0) is 23.6 Å². The summed E-state index contributed by atoms with van der Waals surface area (Å²) in [5.41, 5.74) is 2.61. The molecule has 2 aromatic carbocycles. The molecule has 3 heterocycles. The van der Waals surface area contributed by atoms with Crippen LogP contribution in [-0.4, -0.2) is 27.1 Å². The molecule has 5 rings (SSSR count). The first-order chi connectivity index (χ1) is 17.1. The SMILES string of the molecule is CC(C)(C)c1c(C(=O)N[C@H]2CCOc3ccccc32)cnn2c(-c3cc(Cl)c(F)cc3Cl)c(Cl)nc12. The van der Waals surface area contributed by atoms with Gasteiger partial charge >= 0.3 is 0 Å². The lowest BCUT2D eigenvalue weighted by atomic mass is 9.84. The minimum absolute atomic E-state index is 0.105. The number of rotatable bonds is 3. The van der Waals surface area contributed by atoms with Crippen molar-refractivity contribution in [1.29, 1.82) is 0 Å². The molecule has 1 amide bonds. The van der Waals surface area contributed by atoms with Crippen LogP contribution in [0.5, 0.6) is 5.75 Å². The number of benzene rings is 2. The predicted molar refractivity (Wildman–Crippen MR) is 139 cm³/mol. The average Bonchev–Trinajstić information content (AvgIpc) is 3.15. The van der Waals surface area contributed by atoms with Crippen LogP contribution in [0.15, 0.2) is 42.6 Å². The Labute approximate surface area is 222 Å². The highest BCUT2D eigenvalue weighted by molar-refractivity contribution is 6.37. The van der Waals surface area contributed by atoms with Gasteiger partial charge in [-0.25, -0.2) is 13.9 Å². The molecule has 4 aromatic rings. The zero-order chi connectivity index (χ0) is 25.8. The molecular formula is C26H22Cl3FN4O2. The summed E-state index contributed by atoms with van der Waals surface area (Å²) in [6, 6.07) is 9.96. The van der Waals surface area contributed by atoms with Gasteiger partial charge in [0.05, 0.1) is 34.5 Å². The summed E-state index contributed by atoms with van der Waals surface area (Å²) in [5, 5.41) is 7.74. The van der Waals surface area contributed by atoms with Gasteiger partial charge in [0.1, 0.15) is 17.3 Å². The van der Waals surface area contributed by atoms with E-state index in [4.69, 9.17) is 39.5 Å². The third-order valence-corrected chi connectivity index (χ3v) is 7.00. The van der Waals surface area contributed by atoms with E-state index in [2.05, 4.69) is 15.4 Å². The van der Waals surface area contributed by atoms with E-state index in [0.29, 0.717) is 41.1 Å². The van der Waals surface area contributed by atoms with Crippen molar-refractivity contribution in [2.24, 2.45) is 0 Å². The van der Waals surface area contributed by atoms with Gasteiger partial charge in [0.15, 0.2) is 10.8 Å². The Balaban J connectivity index is 1.63. The van der Waals surface area contributed by atoms with E-state index in [-0.39, 0.29) is 27.1 Å². The summed E-state index contributed by atoms with van der Waals surface area (Å²) in [4.78, 5) is 18.1. The first kappa shape index (κ1) is 24.8. The third-order valence-electron chi connectivity index (χ3n) is 6.13. The van der Waals surface area contributed by atoms with Crippen LogP contribution in [0.4, 0.5) is 4.39 Å². The lowest BCUT2D eigenvalue weighted by Crippen LogP contribution is -2.34. The van der Waals surface area contributed by atoms with Gasteiger partial charge in [0, 0.05) is 23.1 Å². The number of carbonyl (C=O) groups is 1. The van der Waals surface area contributed by atoms with E-state index in [1.54, 1.807) is 0 Å². The fourth-order valence-corrected chi connectivity index (χ4v) is 5.20. The summed E-state index contributed by atoms with van der Waals surface area (Å²) < 4.78 is 21.2. The van der Waals surface area contributed by atoms with Crippen molar-refractivity contribution in [3.05, 3.63) is 80.3 Å². The number of aromatic nitrogens is 3. The third kappa shape index (κ3) is 4.29. The fraction of sp³-hybridized carbons (Fsp3) is 0.269. The Morgan fingerprint density at radius 1 is 1.17 bits per heavy atom. The van der Waals surface area contributed by atoms with Crippen molar-refractivity contribution in [1.82, 2.24) is 19.9 Å². The Bertz CT molecular complexity index is 1510. The summed E-state index contributed by atoms with van der Waals surface area (Å²) in [5.74, 6) is -0.161. The standard InChI is InChI=1S/C26H22Cl3FN4O2/c1-26(2,3)21-15(25(35)32-19-8-9-36-20-7-5-4-6-13(19)20)12-31-34-22(23(29)33-24(21)34)14-10-17(28)18(30)11-16(14)27/h4-7,10-12,19H,8-9H2,1-3H3,(H,32,35)/t19-/m0/s1. The van der Waals surface area contributed by atoms with Crippen LogP contribution in [0.2, 0.25) is 15.2 Å². The minimum atomic E-state index is -0.646. The van der Waals surface area contributed by atoms with Crippen molar-refractivity contribution in [3.8, 4) is 17.0 Å². The second-order valence-electron chi connectivity index (χ2n) is 9.62. The van der Waals surface area contributed by atoms with Crippen LogP contribution < -0.4 is 10.1 Å². The zero-order valence-corrected chi connectivity index (χ0v) is 22.0. The van der Waals surface area contributed by atoms with Crippen LogP contribution in [0, 0.1) is 5.82 Å². The molecule has 0 saturated heterocycles. The highest BCUT2D eigenvalue weighted by Crippen LogP contribution is 2.39. The van der Waals surface area contributed by atoms with E-state index in [0.717, 1.165) is 17.4 Å². The topological polar surface area (TPSA) is 68.5 Å². The molecule has 0 spiro atoms. The van der Waals surface area contributed by atoms with Crippen molar-refractivity contribution >= 4 is 46.4 Å². The number of amides is 1. The molecule has 6 nitrogen and oxygen atoms in total. The second kappa shape index (κ2) is 9.21. The van der Waals surface area contributed by atoms with E-state index in [1.165, 1.54) is 16.8 Å². The van der Waals surface area contributed by atoms with Crippen molar-refractivity contribution in [3.63, 3.8) is 0 Å². The molecule has 0 saturated carbocycles. The summed E-state index contributed by atoms with van der Waals surface area (Å²) in [6.45, 7) is 6.44. The first-order valence-electron chi connectivity index (χ1n) is 11.3. The average molecular weight is 548 g/mol. The monoisotopic (exact) mass is 546 g/mol. The van der Waals surface area contributed by atoms with Crippen LogP contribution in [0.3, 0.4) is 0 Å². The zero-order valence-electron chi connectivity index (χ0n) is 19.7. The maximum atomic E-state index is 13.9. The van der Waals surface area contributed by atoms with Crippen LogP contribution >= 0.6 is 34.8 Å². The normalized spacial score (nSPS) is 15.5. The Morgan fingerprint density at radius 2 is 1.92 bits per heavy atom. The molecule has 1 N–H and O–H groups in total. The number of hydrogen-bond donors (Lipinski definition) is 1. The van der Waals surface area contributed by atoms with Gasteiger partial charge in [-0.2, -0.15) is 5.10 Å². The lowest BCUT2D eigenvalue weighted by molar-refractivity contribution is 0.0922. The van der Waals surface area contributed by atoms with E-state index in [9.17, 15) is 9.18 Å². The Hall–Kier alpha value is -2.87. The molecule has 0 unspecified atom stereocenters. The van der Waals surface area contributed by atoms with Gasteiger partial charge in [0.2, 0.25) is 0 Å². The molecule has 1 atom stereocenters. The number of nitrogens with one attached hydrogen (secondary N) is 1. The number of fused-ring (bicyclic) bond motifs is 2. The van der Waals surface area contributed by atoms with Crippen molar-refractivity contribution < 1.29 is 13.9 Å². The number of hydrogen-bond acceptors (Lipinski definition) is 4. The molecule has 1 aliphatic heterocycles. The van der Waals surface area contributed by atoms with Crippen LogP contribution in [0.1, 0.15) is 54.7 Å². The molecule has 10 heteroatoms. The number of halogens is 4. The van der Waals surface area contributed by atoms with Gasteiger partial charge in [-0.3, -0.25) is 4.79 Å². The number of carbonyl (C=O) groups excluding carboxylic acids is 1. The van der Waals surface area contributed by atoms with Gasteiger partial charge in [0.25, 0.3) is 5.91 Å². The molecular weight excluding hydrogens is 526 g/mol. The number of ether oxygens (including phenoxy) is 1. The second-order valence-corrected chi connectivity index (χ2v) is 10.8. The maximum absolute atomic E-state index is 13.9. The molecule has 2 aromatic heterocycles. The number of imidazole rings is 1. The molecule has 1 aliphatic rings. The largest absolute Gasteiger partial charge is 0.493 e. The Morgan fingerprint density at radius 3 is 2.67 bits per heavy atom. The Kier molecular flexibility index (Phi) is 6.35. The molecule has 36 heavy (non-hydrogen) atoms. The first-order valence-corrected chi connectivity index (χ1v) is 12.4. The molecule has 186 valence electrons.